The standard InChI is InChI=1S/C10H16N2O8.Cr.K/c13-7(14)3-11(4-8(15)16)1-2-12(5-9(17)18)6-10(19)20;;/h1-6H2,(H,13,14)(H,15,16)(H,17,18)(H,19,20);;/q;+3;+1/p-4. The minimum Gasteiger partial charge on any atom is -0.549 e. The molecule has 0 rings (SSSR count). The van der Waals surface area contributed by atoms with Crippen molar-refractivity contribution in [1.82, 2.24) is 9.80 Å². The van der Waals surface area contributed by atoms with Crippen molar-refractivity contribution in [2.75, 3.05) is 39.3 Å². The molecule has 12 heteroatoms. The fourth-order valence-electron chi connectivity index (χ4n) is 1.44. The van der Waals surface area contributed by atoms with E-state index in [-0.39, 0.29) is 81.8 Å². The second-order valence-electron chi connectivity index (χ2n) is 3.91. The summed E-state index contributed by atoms with van der Waals surface area (Å²) in [5, 5.41) is 41.6. The van der Waals surface area contributed by atoms with Crippen molar-refractivity contribution in [1.29, 1.82) is 0 Å². The first-order valence-corrected chi connectivity index (χ1v) is 5.44. The summed E-state index contributed by atoms with van der Waals surface area (Å²) in [5.41, 5.74) is 0. The second-order valence-corrected chi connectivity index (χ2v) is 3.91. The quantitative estimate of drug-likeness (QED) is 0.314. The third kappa shape index (κ3) is 16.3. The van der Waals surface area contributed by atoms with Crippen LogP contribution in [-0.2, 0) is 36.5 Å². The van der Waals surface area contributed by atoms with E-state index in [4.69, 9.17) is 0 Å². The van der Waals surface area contributed by atoms with Crippen LogP contribution in [0.1, 0.15) is 0 Å². The van der Waals surface area contributed by atoms with Gasteiger partial charge in [0, 0.05) is 39.3 Å². The minimum atomic E-state index is -1.53. The van der Waals surface area contributed by atoms with Gasteiger partial charge in [-0.05, 0) is 0 Å². The predicted molar refractivity (Wildman–Crippen MR) is 52.9 cm³/mol. The largest absolute Gasteiger partial charge is 3.00 e. The van der Waals surface area contributed by atoms with Crippen LogP contribution < -0.4 is 71.8 Å². The molecule has 0 heterocycles. The Kier molecular flexibility index (Phi) is 17.8. The van der Waals surface area contributed by atoms with Crippen LogP contribution >= 0.6 is 0 Å². The maximum atomic E-state index is 10.4. The molecule has 0 aromatic carbocycles. The van der Waals surface area contributed by atoms with Gasteiger partial charge in [-0.1, -0.05) is 0 Å². The third-order valence-corrected chi connectivity index (χ3v) is 2.14. The second kappa shape index (κ2) is 14.6. The van der Waals surface area contributed by atoms with Gasteiger partial charge in [0.05, 0.1) is 23.9 Å². The summed E-state index contributed by atoms with van der Waals surface area (Å²) < 4.78 is 0. The molecule has 0 unspecified atom stereocenters. The van der Waals surface area contributed by atoms with E-state index in [1.165, 1.54) is 0 Å². The average Bonchev–Trinajstić information content (AvgIpc) is 2.22. The van der Waals surface area contributed by atoms with Crippen LogP contribution in [0.2, 0.25) is 0 Å². The molecule has 0 amide bonds. The van der Waals surface area contributed by atoms with E-state index in [0.29, 0.717) is 0 Å². The van der Waals surface area contributed by atoms with Crippen molar-refractivity contribution < 1.29 is 108 Å². The Morgan fingerprint density at radius 2 is 0.773 bits per heavy atom. The molecule has 117 valence electrons. The van der Waals surface area contributed by atoms with E-state index >= 15 is 0 Å². The van der Waals surface area contributed by atoms with Crippen LogP contribution in [0.3, 0.4) is 0 Å². The van der Waals surface area contributed by atoms with Crippen LogP contribution in [0, 0.1) is 0 Å². The van der Waals surface area contributed by atoms with Gasteiger partial charge in [-0.25, -0.2) is 0 Å². The van der Waals surface area contributed by atoms with E-state index in [2.05, 4.69) is 0 Å². The maximum Gasteiger partial charge on any atom is 3.00 e. The number of carbonyl (C=O) groups excluding carboxylic acids is 4. The van der Waals surface area contributed by atoms with Crippen LogP contribution in [0.4, 0.5) is 0 Å². The summed E-state index contributed by atoms with van der Waals surface area (Å²) in [6.07, 6.45) is 0. The van der Waals surface area contributed by atoms with Crippen molar-refractivity contribution >= 4 is 23.9 Å². The van der Waals surface area contributed by atoms with Gasteiger partial charge in [0.1, 0.15) is 0 Å². The van der Waals surface area contributed by atoms with Crippen LogP contribution in [0.15, 0.2) is 0 Å². The monoisotopic (exact) mass is 379 g/mol. The van der Waals surface area contributed by atoms with Gasteiger partial charge in [0.2, 0.25) is 0 Å². The Morgan fingerprint density at radius 1 is 0.591 bits per heavy atom. The summed E-state index contributed by atoms with van der Waals surface area (Å²) in [6, 6.07) is 0. The Morgan fingerprint density at radius 3 is 0.909 bits per heavy atom. The third-order valence-electron chi connectivity index (χ3n) is 2.14. The molecule has 0 aromatic rings. The van der Waals surface area contributed by atoms with Gasteiger partial charge in [-0.3, -0.25) is 9.80 Å². The Hall–Kier alpha value is -0.0312. The van der Waals surface area contributed by atoms with E-state index < -0.39 is 50.1 Å². The SMILES string of the molecule is O=C([O-])CN(CCN(CC(=O)[O-])CC(=O)[O-])CC(=O)[O-].[Cr+3].[K+]. The first kappa shape index (κ1) is 26.8. The van der Waals surface area contributed by atoms with Gasteiger partial charge in [-0.15, -0.1) is 0 Å². The van der Waals surface area contributed by atoms with E-state index in [0.717, 1.165) is 9.80 Å². The van der Waals surface area contributed by atoms with E-state index in [9.17, 15) is 39.6 Å². The maximum absolute atomic E-state index is 10.4. The number of carbonyl (C=O) groups is 4. The van der Waals surface area contributed by atoms with Crippen LogP contribution in [0.25, 0.3) is 0 Å². The van der Waals surface area contributed by atoms with Gasteiger partial charge in [-0.2, -0.15) is 0 Å². The molecule has 22 heavy (non-hydrogen) atoms. The average molecular weight is 379 g/mol. The molecular weight excluding hydrogens is 367 g/mol. The van der Waals surface area contributed by atoms with Crippen LogP contribution in [0.5, 0.6) is 0 Å². The zero-order valence-corrected chi connectivity index (χ0v) is 16.2. The molecule has 0 bridgehead atoms. The first-order chi connectivity index (χ1) is 9.20. The minimum absolute atomic E-state index is 0. The zero-order valence-electron chi connectivity index (χ0n) is 11.8. The summed E-state index contributed by atoms with van der Waals surface area (Å²) >= 11 is 0. The van der Waals surface area contributed by atoms with E-state index in [1.807, 2.05) is 0 Å². The summed E-state index contributed by atoms with van der Waals surface area (Å²) in [6.45, 7) is -3.25. The number of carboxylic acid groups (broad SMARTS) is 4. The van der Waals surface area contributed by atoms with Crippen molar-refractivity contribution in [3.05, 3.63) is 0 Å². The number of carboxylic acids is 4. The van der Waals surface area contributed by atoms with Gasteiger partial charge in [0.15, 0.2) is 0 Å². The zero-order chi connectivity index (χ0) is 15.7. The normalized spacial score (nSPS) is 9.73. The molecule has 0 N–H and O–H groups in total. The Balaban J connectivity index is -0.00000180. The molecule has 0 aromatic heterocycles. The number of nitrogens with zero attached hydrogens (tertiary/aromatic N) is 2. The number of hydrogen-bond donors (Lipinski definition) is 0. The molecule has 0 atom stereocenters. The molecule has 0 aliphatic carbocycles. The molecule has 10 nitrogen and oxygen atoms in total. The molecule has 0 aliphatic heterocycles. The predicted octanol–water partition coefficient (Wildman–Crippen LogP) is -10.4. The smallest absolute Gasteiger partial charge is 0.549 e. The van der Waals surface area contributed by atoms with Crippen molar-refractivity contribution in [3.63, 3.8) is 0 Å². The summed E-state index contributed by atoms with van der Waals surface area (Å²) in [5.74, 6) is -6.12. The topological polar surface area (TPSA) is 167 Å². The molecular formula is C10H12CrKN2O8. The van der Waals surface area contributed by atoms with Crippen molar-refractivity contribution in [3.8, 4) is 0 Å². The molecule has 0 fully saturated rings. The van der Waals surface area contributed by atoms with Crippen LogP contribution in [-0.4, -0.2) is 72.9 Å². The molecule has 0 spiro atoms. The van der Waals surface area contributed by atoms with Crippen molar-refractivity contribution in [2.24, 2.45) is 0 Å². The van der Waals surface area contributed by atoms with Gasteiger partial charge in [0.25, 0.3) is 0 Å². The fraction of sp³-hybridized carbons (Fsp3) is 0.600. The molecule has 1 radical (unpaired) electrons. The molecule has 0 saturated carbocycles. The van der Waals surface area contributed by atoms with E-state index in [1.54, 1.807) is 0 Å². The number of aliphatic carboxylic acids is 4. The summed E-state index contributed by atoms with van der Waals surface area (Å²) in [7, 11) is 0. The number of hydrogen-bond acceptors (Lipinski definition) is 10. The number of rotatable bonds is 11. The molecule has 0 saturated heterocycles. The van der Waals surface area contributed by atoms with Crippen molar-refractivity contribution in [2.45, 2.75) is 0 Å². The Bertz CT molecular complexity index is 327. The molecule has 0 aliphatic rings. The summed E-state index contributed by atoms with van der Waals surface area (Å²) in [4.78, 5) is 43.4. The first-order valence-electron chi connectivity index (χ1n) is 5.44. The fourth-order valence-corrected chi connectivity index (χ4v) is 1.44. The van der Waals surface area contributed by atoms with Gasteiger partial charge >= 0.3 is 68.7 Å². The Labute approximate surface area is 179 Å². The van der Waals surface area contributed by atoms with Gasteiger partial charge < -0.3 is 39.6 Å².